The number of hydrogen-bond acceptors (Lipinski definition) is 6. The summed E-state index contributed by atoms with van der Waals surface area (Å²) < 4.78 is 0. The van der Waals surface area contributed by atoms with Gasteiger partial charge in [0.05, 0.1) is 5.92 Å². The molecule has 7 N–H and O–H groups in total. The number of rotatable bonds is 15. The normalized spacial score (nSPS) is 13.1. The number of amides is 4. The van der Waals surface area contributed by atoms with Gasteiger partial charge >= 0.3 is 18.0 Å². The molecule has 4 amide bonds. The van der Waals surface area contributed by atoms with Crippen LogP contribution in [0.1, 0.15) is 70.1 Å². The first-order chi connectivity index (χ1) is 23.0. The number of hydrogen-bond donors (Lipinski definition) is 7. The van der Waals surface area contributed by atoms with Crippen molar-refractivity contribution in [2.45, 2.75) is 78.3 Å². The molecule has 0 spiro atoms. The van der Waals surface area contributed by atoms with Crippen LogP contribution in [0, 0.1) is 11.3 Å². The van der Waals surface area contributed by atoms with Crippen LogP contribution in [0.5, 0.6) is 5.75 Å². The van der Waals surface area contributed by atoms with Crippen LogP contribution in [0.4, 0.5) is 16.2 Å². The van der Waals surface area contributed by atoms with Crippen molar-refractivity contribution in [3.8, 4) is 5.75 Å². The zero-order valence-corrected chi connectivity index (χ0v) is 28.4. The van der Waals surface area contributed by atoms with Gasteiger partial charge in [0.1, 0.15) is 17.8 Å². The molecule has 0 aliphatic carbocycles. The molecule has 0 radical (unpaired) electrons. The molecular formula is C37H46N4O8. The Balaban J connectivity index is 1.74. The fourth-order valence-corrected chi connectivity index (χ4v) is 5.30. The Morgan fingerprint density at radius 3 is 1.61 bits per heavy atom. The molecule has 0 saturated carbocycles. The maximum Gasteiger partial charge on any atom is 0.326 e. The summed E-state index contributed by atoms with van der Waals surface area (Å²) in [5, 5.41) is 40.0. The van der Waals surface area contributed by atoms with Crippen molar-refractivity contribution in [1.29, 1.82) is 0 Å². The third-order valence-corrected chi connectivity index (χ3v) is 7.62. The monoisotopic (exact) mass is 674 g/mol. The first-order valence-electron chi connectivity index (χ1n) is 16.1. The summed E-state index contributed by atoms with van der Waals surface area (Å²) >= 11 is 0. The number of urea groups is 1. The molecule has 3 rings (SSSR count). The second-order valence-corrected chi connectivity index (χ2v) is 13.7. The average Bonchev–Trinajstić information content (AvgIpc) is 3.00. The maximum absolute atomic E-state index is 13.7. The summed E-state index contributed by atoms with van der Waals surface area (Å²) in [4.78, 5) is 63.1. The molecule has 3 atom stereocenters. The highest BCUT2D eigenvalue weighted by Gasteiger charge is 2.29. The lowest BCUT2D eigenvalue weighted by Gasteiger charge is -2.24. The van der Waals surface area contributed by atoms with Crippen molar-refractivity contribution in [2.75, 3.05) is 10.6 Å². The predicted molar refractivity (Wildman–Crippen MR) is 186 cm³/mol. The number of nitrogens with one attached hydrogen (secondary N) is 4. The largest absolute Gasteiger partial charge is 0.508 e. The van der Waals surface area contributed by atoms with Crippen LogP contribution in [0.25, 0.3) is 0 Å². The van der Waals surface area contributed by atoms with Gasteiger partial charge < -0.3 is 36.6 Å². The molecule has 0 saturated heterocycles. The Kier molecular flexibility index (Phi) is 13.3. The number of aliphatic carboxylic acids is 2. The van der Waals surface area contributed by atoms with E-state index in [0.29, 0.717) is 34.5 Å². The van der Waals surface area contributed by atoms with E-state index >= 15 is 0 Å². The minimum absolute atomic E-state index is 0.0645. The molecule has 3 aromatic carbocycles. The number of phenolic OH excluding ortho intramolecular Hbond substituents is 1. The number of carbonyl (C=O) groups excluding carboxylic acids is 3. The third kappa shape index (κ3) is 12.6. The summed E-state index contributed by atoms with van der Waals surface area (Å²) in [6.07, 6.45) is 0.397. The van der Waals surface area contributed by atoms with Crippen LogP contribution in [0.2, 0.25) is 0 Å². The molecule has 0 heterocycles. The van der Waals surface area contributed by atoms with E-state index in [9.17, 15) is 39.3 Å². The van der Waals surface area contributed by atoms with Gasteiger partial charge in [0.2, 0.25) is 11.8 Å². The third-order valence-electron chi connectivity index (χ3n) is 7.62. The van der Waals surface area contributed by atoms with E-state index in [1.165, 1.54) is 12.1 Å². The van der Waals surface area contributed by atoms with Crippen molar-refractivity contribution in [3.63, 3.8) is 0 Å². The van der Waals surface area contributed by atoms with E-state index in [2.05, 4.69) is 21.3 Å². The van der Waals surface area contributed by atoms with Crippen molar-refractivity contribution in [1.82, 2.24) is 10.6 Å². The molecule has 3 aromatic rings. The summed E-state index contributed by atoms with van der Waals surface area (Å²) in [7, 11) is 0. The Morgan fingerprint density at radius 2 is 1.16 bits per heavy atom. The molecule has 262 valence electrons. The van der Waals surface area contributed by atoms with Gasteiger partial charge in [-0.3, -0.25) is 9.59 Å². The summed E-state index contributed by atoms with van der Waals surface area (Å²) in [5.74, 6) is -3.87. The quantitative estimate of drug-likeness (QED) is 0.102. The lowest BCUT2D eigenvalue weighted by molar-refractivity contribution is -0.142. The van der Waals surface area contributed by atoms with Gasteiger partial charge in [0.25, 0.3) is 0 Å². The van der Waals surface area contributed by atoms with E-state index in [1.807, 2.05) is 34.6 Å². The molecule has 49 heavy (non-hydrogen) atoms. The number of anilines is 2. The molecule has 0 fully saturated rings. The number of phenols is 1. The molecule has 12 heteroatoms. The molecule has 12 nitrogen and oxygen atoms in total. The number of carboxylic acid groups (broad SMARTS) is 2. The molecule has 0 aliphatic rings. The highest BCUT2D eigenvalue weighted by Crippen LogP contribution is 2.27. The van der Waals surface area contributed by atoms with Gasteiger partial charge in [-0.25, -0.2) is 14.4 Å². The molecule has 3 unspecified atom stereocenters. The van der Waals surface area contributed by atoms with E-state index < -0.39 is 47.8 Å². The van der Waals surface area contributed by atoms with Crippen molar-refractivity contribution < 1.29 is 39.3 Å². The molecule has 0 aliphatic heterocycles. The van der Waals surface area contributed by atoms with E-state index in [1.54, 1.807) is 60.7 Å². The van der Waals surface area contributed by atoms with E-state index in [4.69, 9.17) is 0 Å². The van der Waals surface area contributed by atoms with Gasteiger partial charge in [-0.1, -0.05) is 71.0 Å². The lowest BCUT2D eigenvalue weighted by Crippen LogP contribution is -2.45. The van der Waals surface area contributed by atoms with Gasteiger partial charge in [-0.05, 0) is 70.8 Å². The fourth-order valence-electron chi connectivity index (χ4n) is 5.30. The molecule has 0 bridgehead atoms. The second-order valence-electron chi connectivity index (χ2n) is 13.7. The second kappa shape index (κ2) is 17.1. The van der Waals surface area contributed by atoms with Crippen LogP contribution in [-0.2, 0) is 32.0 Å². The zero-order chi connectivity index (χ0) is 36.3. The summed E-state index contributed by atoms with van der Waals surface area (Å²) in [5.41, 5.74) is 2.33. The minimum Gasteiger partial charge on any atom is -0.508 e. The van der Waals surface area contributed by atoms with Gasteiger partial charge in [-0.15, -0.1) is 0 Å². The van der Waals surface area contributed by atoms with Crippen molar-refractivity contribution in [2.24, 2.45) is 11.3 Å². The number of benzene rings is 3. The predicted octanol–water partition coefficient (Wildman–Crippen LogP) is 5.53. The fraction of sp³-hybridized carbons (Fsp3) is 0.378. The Labute approximate surface area is 286 Å². The van der Waals surface area contributed by atoms with Crippen LogP contribution in [0.3, 0.4) is 0 Å². The lowest BCUT2D eigenvalue weighted by atomic mass is 9.88. The van der Waals surface area contributed by atoms with Crippen molar-refractivity contribution >= 4 is 41.2 Å². The van der Waals surface area contributed by atoms with Crippen LogP contribution >= 0.6 is 0 Å². The number of carboxylic acids is 2. The standard InChI is InChI=1S/C37H46N4O8/c1-22(2)18-29(23-10-12-26(13-11-23)38-36(49)39-27-14-16-28(42)17-15-27)33(44)41-31(35(47)48)20-25-9-7-6-8-24(25)19-30(34(45)46)40-32(43)21-37(3,4)5/h6-17,22,29-31,42H,18-21H2,1-5H3,(H,40,43)(H,41,44)(H,45,46)(H,47,48)(H2,38,39,49). The highest BCUT2D eigenvalue weighted by molar-refractivity contribution is 5.99. The zero-order valence-electron chi connectivity index (χ0n) is 28.4. The summed E-state index contributed by atoms with van der Waals surface area (Å²) in [6.45, 7) is 9.53. The number of aromatic hydroxyl groups is 1. The Morgan fingerprint density at radius 1 is 0.694 bits per heavy atom. The maximum atomic E-state index is 13.7. The van der Waals surface area contributed by atoms with E-state index in [0.717, 1.165) is 0 Å². The smallest absolute Gasteiger partial charge is 0.326 e. The molecular weight excluding hydrogens is 628 g/mol. The SMILES string of the molecule is CC(C)CC(C(=O)NC(Cc1ccccc1CC(NC(=O)CC(C)(C)C)C(=O)O)C(=O)O)c1ccc(NC(=O)Nc2ccc(O)cc2)cc1. The highest BCUT2D eigenvalue weighted by atomic mass is 16.4. The molecule has 0 aromatic heterocycles. The van der Waals surface area contributed by atoms with Crippen LogP contribution in [-0.4, -0.2) is 57.2 Å². The van der Waals surface area contributed by atoms with Crippen molar-refractivity contribution in [3.05, 3.63) is 89.5 Å². The summed E-state index contributed by atoms with van der Waals surface area (Å²) in [6, 6.07) is 16.4. The number of carbonyl (C=O) groups is 5. The first-order valence-corrected chi connectivity index (χ1v) is 16.1. The van der Waals surface area contributed by atoms with Crippen LogP contribution < -0.4 is 21.3 Å². The Hall–Kier alpha value is -5.39. The van der Waals surface area contributed by atoms with Gasteiger partial charge in [-0.2, -0.15) is 0 Å². The first kappa shape index (κ1) is 38.1. The van der Waals surface area contributed by atoms with Gasteiger partial charge in [0, 0.05) is 30.6 Å². The van der Waals surface area contributed by atoms with Crippen LogP contribution in [0.15, 0.2) is 72.8 Å². The topological polar surface area (TPSA) is 194 Å². The van der Waals surface area contributed by atoms with E-state index in [-0.39, 0.29) is 36.3 Å². The average molecular weight is 675 g/mol. The van der Waals surface area contributed by atoms with Gasteiger partial charge in [0.15, 0.2) is 0 Å². The minimum atomic E-state index is -1.31. The Bertz CT molecular complexity index is 1610.